The van der Waals surface area contributed by atoms with Gasteiger partial charge in [0.15, 0.2) is 6.61 Å². The fraction of sp³-hybridized carbons (Fsp3) is 0.125. The molecule has 2 aromatic carbocycles. The van der Waals surface area contributed by atoms with Crippen LogP contribution in [0.15, 0.2) is 53.6 Å². The van der Waals surface area contributed by atoms with Crippen LogP contribution in [0, 0.1) is 0 Å². The number of nitrogens with one attached hydrogen (secondary N) is 1. The van der Waals surface area contributed by atoms with Crippen molar-refractivity contribution in [2.24, 2.45) is 5.10 Å². The lowest BCUT2D eigenvalue weighted by atomic mass is 10.1. The number of ether oxygens (including phenoxy) is 1. The second kappa shape index (κ2) is 7.82. The van der Waals surface area contributed by atoms with Crippen LogP contribution in [0.1, 0.15) is 12.5 Å². The van der Waals surface area contributed by atoms with Crippen LogP contribution >= 0.6 is 23.2 Å². The van der Waals surface area contributed by atoms with Gasteiger partial charge in [-0.2, -0.15) is 5.10 Å². The van der Waals surface area contributed by atoms with Crippen molar-refractivity contribution in [3.63, 3.8) is 0 Å². The Balaban J connectivity index is 1.86. The summed E-state index contributed by atoms with van der Waals surface area (Å²) in [5.74, 6) is 0.214. The normalized spacial score (nSPS) is 11.1. The second-order valence-corrected chi connectivity index (χ2v) is 5.36. The summed E-state index contributed by atoms with van der Waals surface area (Å²) in [5.41, 5.74) is 3.93. The highest BCUT2D eigenvalue weighted by molar-refractivity contribution is 6.31. The van der Waals surface area contributed by atoms with E-state index in [4.69, 9.17) is 27.9 Å². The summed E-state index contributed by atoms with van der Waals surface area (Å²) in [6.45, 7) is 1.65. The highest BCUT2D eigenvalue weighted by atomic mass is 35.5. The summed E-state index contributed by atoms with van der Waals surface area (Å²) in [4.78, 5) is 11.7. The minimum Gasteiger partial charge on any atom is -0.484 e. The second-order valence-electron chi connectivity index (χ2n) is 4.49. The molecule has 0 radical (unpaired) electrons. The number of halogens is 2. The van der Waals surface area contributed by atoms with Gasteiger partial charge < -0.3 is 4.74 Å². The lowest BCUT2D eigenvalue weighted by Gasteiger charge is -2.06. The Labute approximate surface area is 138 Å². The molecule has 0 bridgehead atoms. The van der Waals surface area contributed by atoms with Crippen molar-refractivity contribution < 1.29 is 9.53 Å². The van der Waals surface area contributed by atoms with Gasteiger partial charge >= 0.3 is 0 Å². The smallest absolute Gasteiger partial charge is 0.277 e. The average Bonchev–Trinajstić information content (AvgIpc) is 2.52. The van der Waals surface area contributed by atoms with Gasteiger partial charge in [0.25, 0.3) is 5.91 Å². The average molecular weight is 337 g/mol. The standard InChI is InChI=1S/C16H14Cl2N2O2/c1-11(12-3-2-4-14(18)9-12)19-20-16(21)10-22-15-7-5-13(17)6-8-15/h2-9H,10H2,1H3,(H,20,21)/b19-11+. The van der Waals surface area contributed by atoms with E-state index in [9.17, 15) is 4.79 Å². The highest BCUT2D eigenvalue weighted by Gasteiger charge is 2.03. The quantitative estimate of drug-likeness (QED) is 0.664. The molecule has 1 N–H and O–H groups in total. The maximum absolute atomic E-state index is 11.7. The van der Waals surface area contributed by atoms with Crippen LogP contribution in [0.2, 0.25) is 10.0 Å². The fourth-order valence-corrected chi connectivity index (χ4v) is 1.95. The lowest BCUT2D eigenvalue weighted by Crippen LogP contribution is -2.25. The van der Waals surface area contributed by atoms with Gasteiger partial charge in [-0.15, -0.1) is 0 Å². The van der Waals surface area contributed by atoms with E-state index in [1.165, 1.54) is 0 Å². The molecule has 0 aliphatic carbocycles. The first-order chi connectivity index (χ1) is 10.5. The van der Waals surface area contributed by atoms with Crippen LogP contribution in [0.3, 0.4) is 0 Å². The van der Waals surface area contributed by atoms with E-state index in [2.05, 4.69) is 10.5 Å². The predicted octanol–water partition coefficient (Wildman–Crippen LogP) is 3.91. The zero-order valence-electron chi connectivity index (χ0n) is 11.8. The van der Waals surface area contributed by atoms with Crippen molar-refractivity contribution in [1.29, 1.82) is 0 Å². The van der Waals surface area contributed by atoms with Crippen molar-refractivity contribution in [1.82, 2.24) is 5.43 Å². The molecule has 1 amide bonds. The molecule has 0 saturated carbocycles. The number of rotatable bonds is 5. The molecule has 6 heteroatoms. The predicted molar refractivity (Wildman–Crippen MR) is 88.8 cm³/mol. The van der Waals surface area contributed by atoms with E-state index in [0.717, 1.165) is 5.56 Å². The van der Waals surface area contributed by atoms with E-state index >= 15 is 0 Å². The first-order valence-corrected chi connectivity index (χ1v) is 7.27. The zero-order valence-corrected chi connectivity index (χ0v) is 13.4. The molecule has 0 spiro atoms. The van der Waals surface area contributed by atoms with Gasteiger partial charge in [0.05, 0.1) is 5.71 Å². The molecule has 0 aliphatic heterocycles. The summed E-state index contributed by atoms with van der Waals surface area (Å²) >= 11 is 11.7. The van der Waals surface area contributed by atoms with Gasteiger partial charge in [-0.05, 0) is 48.9 Å². The molecule has 22 heavy (non-hydrogen) atoms. The molecule has 2 aromatic rings. The van der Waals surface area contributed by atoms with Crippen molar-refractivity contribution in [3.8, 4) is 5.75 Å². The monoisotopic (exact) mass is 336 g/mol. The summed E-state index contributed by atoms with van der Waals surface area (Å²) in [6.07, 6.45) is 0. The Bertz CT molecular complexity index is 685. The van der Waals surface area contributed by atoms with Crippen molar-refractivity contribution in [2.75, 3.05) is 6.61 Å². The molecule has 0 aliphatic rings. The van der Waals surface area contributed by atoms with Gasteiger partial charge in [-0.25, -0.2) is 5.43 Å². The van der Waals surface area contributed by atoms with E-state index in [0.29, 0.717) is 21.5 Å². The molecule has 114 valence electrons. The molecule has 0 heterocycles. The maximum atomic E-state index is 11.7. The number of hydrazone groups is 1. The first-order valence-electron chi connectivity index (χ1n) is 6.52. The Morgan fingerprint density at radius 2 is 1.86 bits per heavy atom. The molecule has 0 unspecified atom stereocenters. The van der Waals surface area contributed by atoms with Gasteiger partial charge in [-0.3, -0.25) is 4.79 Å². The van der Waals surface area contributed by atoms with Gasteiger partial charge in [0.2, 0.25) is 0 Å². The molecule has 0 aromatic heterocycles. The Hall–Kier alpha value is -2.04. The number of amides is 1. The largest absolute Gasteiger partial charge is 0.484 e. The van der Waals surface area contributed by atoms with E-state index in [1.807, 2.05) is 12.1 Å². The number of carbonyl (C=O) groups is 1. The topological polar surface area (TPSA) is 50.7 Å². The number of hydrogen-bond acceptors (Lipinski definition) is 3. The van der Waals surface area contributed by atoms with E-state index in [-0.39, 0.29) is 12.5 Å². The van der Waals surface area contributed by atoms with Crippen molar-refractivity contribution >= 4 is 34.8 Å². The molecule has 0 atom stereocenters. The van der Waals surface area contributed by atoms with Crippen LogP contribution < -0.4 is 10.2 Å². The molecular formula is C16H14Cl2N2O2. The Morgan fingerprint density at radius 3 is 2.55 bits per heavy atom. The SMILES string of the molecule is C/C(=N\NC(=O)COc1ccc(Cl)cc1)c1cccc(Cl)c1. The van der Waals surface area contributed by atoms with E-state index < -0.39 is 0 Å². The van der Waals surface area contributed by atoms with Crippen LogP contribution in [0.5, 0.6) is 5.75 Å². The Kier molecular flexibility index (Phi) is 5.81. The summed E-state index contributed by atoms with van der Waals surface area (Å²) in [6, 6.07) is 14.0. The minimum absolute atomic E-state index is 0.131. The number of benzene rings is 2. The fourth-order valence-electron chi connectivity index (χ4n) is 1.64. The third-order valence-electron chi connectivity index (χ3n) is 2.77. The first kappa shape index (κ1) is 16.3. The third-order valence-corrected chi connectivity index (χ3v) is 3.26. The van der Waals surface area contributed by atoms with Gasteiger partial charge in [0, 0.05) is 10.0 Å². The molecule has 0 fully saturated rings. The molecule has 2 rings (SSSR count). The summed E-state index contributed by atoms with van der Waals surface area (Å²) in [7, 11) is 0. The summed E-state index contributed by atoms with van der Waals surface area (Å²) < 4.78 is 5.32. The van der Waals surface area contributed by atoms with Crippen molar-refractivity contribution in [2.45, 2.75) is 6.92 Å². The van der Waals surface area contributed by atoms with Crippen LogP contribution in [-0.4, -0.2) is 18.2 Å². The van der Waals surface area contributed by atoms with E-state index in [1.54, 1.807) is 43.3 Å². The van der Waals surface area contributed by atoms with Crippen LogP contribution in [0.4, 0.5) is 0 Å². The van der Waals surface area contributed by atoms with Crippen LogP contribution in [-0.2, 0) is 4.79 Å². The number of hydrogen-bond donors (Lipinski definition) is 1. The third kappa shape index (κ3) is 5.06. The lowest BCUT2D eigenvalue weighted by molar-refractivity contribution is -0.123. The minimum atomic E-state index is -0.351. The summed E-state index contributed by atoms with van der Waals surface area (Å²) in [5, 5.41) is 5.24. The van der Waals surface area contributed by atoms with Crippen molar-refractivity contribution in [3.05, 3.63) is 64.1 Å². The maximum Gasteiger partial charge on any atom is 0.277 e. The molecule has 0 saturated heterocycles. The highest BCUT2D eigenvalue weighted by Crippen LogP contribution is 2.15. The molecule has 4 nitrogen and oxygen atoms in total. The number of carbonyl (C=O) groups excluding carboxylic acids is 1. The van der Waals surface area contributed by atoms with Gasteiger partial charge in [0.1, 0.15) is 5.75 Å². The number of nitrogens with zero attached hydrogens (tertiary/aromatic N) is 1. The zero-order chi connectivity index (χ0) is 15.9. The van der Waals surface area contributed by atoms with Crippen LogP contribution in [0.25, 0.3) is 0 Å². The Morgan fingerprint density at radius 1 is 1.14 bits per heavy atom. The molecular weight excluding hydrogens is 323 g/mol. The van der Waals surface area contributed by atoms with Gasteiger partial charge in [-0.1, -0.05) is 35.3 Å².